The molecular weight excluding hydrogens is 1140 g/mol. The summed E-state index contributed by atoms with van der Waals surface area (Å²) in [5.74, 6) is -6.99. The van der Waals surface area contributed by atoms with Gasteiger partial charge in [-0.15, -0.1) is 0 Å². The third kappa shape index (κ3) is 18.3. The highest BCUT2D eigenvalue weighted by molar-refractivity contribution is 7.93. The number of benzene rings is 6. The van der Waals surface area contributed by atoms with Crippen molar-refractivity contribution < 1.29 is 46.2 Å². The molecule has 0 saturated carbocycles. The van der Waals surface area contributed by atoms with Gasteiger partial charge in [-0.25, -0.2) is 16.8 Å². The van der Waals surface area contributed by atoms with Crippen molar-refractivity contribution in [2.45, 2.75) is 193 Å². The largest absolute Gasteiger partial charge is 0.388 e. The number of sulfone groups is 2. The molecule has 0 aliphatic rings. The van der Waals surface area contributed by atoms with Crippen LogP contribution in [-0.4, -0.2) is 108 Å². The lowest BCUT2D eigenvalue weighted by Gasteiger charge is -2.35. The molecule has 14 nitrogen and oxygen atoms in total. The van der Waals surface area contributed by atoms with Gasteiger partial charge in [0.15, 0.2) is 19.7 Å². The molecule has 0 aromatic heterocycles. The minimum Gasteiger partial charge on any atom is -0.388 e. The maximum atomic E-state index is 15.0. The van der Waals surface area contributed by atoms with Gasteiger partial charge in [-0.1, -0.05) is 203 Å². The third-order valence-corrected chi connectivity index (χ3v) is 22.4. The molecular formula is C72H98N4O10S2. The number of carbonyl (C=O) groups is 4. The van der Waals surface area contributed by atoms with Crippen LogP contribution in [0.4, 0.5) is 0 Å². The Balaban J connectivity index is 1.36. The van der Waals surface area contributed by atoms with Gasteiger partial charge in [-0.3, -0.25) is 19.2 Å². The molecule has 0 aliphatic heterocycles. The van der Waals surface area contributed by atoms with Gasteiger partial charge in [-0.05, 0) is 145 Å². The van der Waals surface area contributed by atoms with Gasteiger partial charge < -0.3 is 31.5 Å². The second-order valence-electron chi connectivity index (χ2n) is 28.8. The topological polar surface area (TPSA) is 225 Å². The average molecular weight is 1240 g/mol. The van der Waals surface area contributed by atoms with Crippen LogP contribution in [0.3, 0.4) is 0 Å². The second-order valence-corrected chi connectivity index (χ2v) is 34.4. The average Bonchev–Trinajstić information content (AvgIpc) is 1.17. The van der Waals surface area contributed by atoms with Crippen LogP contribution < -0.4 is 21.3 Å². The molecule has 6 aromatic carbocycles. The fourth-order valence-electron chi connectivity index (χ4n) is 10.9. The van der Waals surface area contributed by atoms with E-state index in [2.05, 4.69) is 62.8 Å². The minimum absolute atomic E-state index is 0.0120. The van der Waals surface area contributed by atoms with Crippen molar-refractivity contribution in [3.8, 4) is 0 Å². The first-order chi connectivity index (χ1) is 40.8. The minimum atomic E-state index is -3.87. The van der Waals surface area contributed by atoms with E-state index in [1.807, 2.05) is 133 Å². The monoisotopic (exact) mass is 1240 g/mol. The van der Waals surface area contributed by atoms with Gasteiger partial charge in [0.2, 0.25) is 23.6 Å². The molecule has 478 valence electrons. The van der Waals surface area contributed by atoms with E-state index in [-0.39, 0.29) is 36.5 Å². The quantitative estimate of drug-likeness (QED) is 0.0318. The van der Waals surface area contributed by atoms with E-state index in [0.717, 1.165) is 43.8 Å². The number of rotatable bonds is 25. The summed E-state index contributed by atoms with van der Waals surface area (Å²) in [6, 6.07) is 37.1. The normalized spacial score (nSPS) is 15.6. The van der Waals surface area contributed by atoms with E-state index in [9.17, 15) is 36.6 Å². The molecule has 6 aromatic rings. The van der Waals surface area contributed by atoms with Crippen LogP contribution in [0, 0.1) is 23.7 Å². The molecule has 6 N–H and O–H groups in total. The second kappa shape index (κ2) is 28.6. The summed E-state index contributed by atoms with van der Waals surface area (Å²) in [5, 5.41) is 41.0. The molecule has 0 fully saturated rings. The molecule has 0 saturated heterocycles. The summed E-state index contributed by atoms with van der Waals surface area (Å²) in [6.07, 6.45) is -3.48. The highest BCUT2D eigenvalue weighted by atomic mass is 32.2. The first-order valence-corrected chi connectivity index (χ1v) is 34.2. The van der Waals surface area contributed by atoms with Gasteiger partial charge >= 0.3 is 0 Å². The molecule has 0 unspecified atom stereocenters. The van der Waals surface area contributed by atoms with E-state index in [1.165, 1.54) is 0 Å². The zero-order chi connectivity index (χ0) is 65.5. The van der Waals surface area contributed by atoms with E-state index < -0.39 is 124 Å². The van der Waals surface area contributed by atoms with Gasteiger partial charge in [0, 0.05) is 0 Å². The summed E-state index contributed by atoms with van der Waals surface area (Å²) in [6.45, 7) is 29.0. The third-order valence-electron chi connectivity index (χ3n) is 17.0. The lowest BCUT2D eigenvalue weighted by molar-refractivity contribution is -0.134. The maximum Gasteiger partial charge on any atom is 0.243 e. The van der Waals surface area contributed by atoms with Crippen molar-refractivity contribution in [1.82, 2.24) is 21.3 Å². The number of carbonyl (C=O) groups excluding carboxylic acids is 4. The molecule has 0 aliphatic carbocycles. The molecule has 0 radical (unpaired) electrons. The Morgan fingerprint density at radius 3 is 1.00 bits per heavy atom. The van der Waals surface area contributed by atoms with Crippen molar-refractivity contribution in [3.05, 3.63) is 167 Å². The molecule has 0 heterocycles. The summed E-state index contributed by atoms with van der Waals surface area (Å²) >= 11 is 0. The highest BCUT2D eigenvalue weighted by Gasteiger charge is 2.41. The predicted octanol–water partition coefficient (Wildman–Crippen LogP) is 10.5. The van der Waals surface area contributed by atoms with Crippen molar-refractivity contribution in [1.29, 1.82) is 0 Å². The summed E-state index contributed by atoms with van der Waals surface area (Å²) in [7, 11) is -7.74. The van der Waals surface area contributed by atoms with E-state index in [4.69, 9.17) is 0 Å². The number of aliphatic hydroxyl groups excluding tert-OH is 2. The first kappa shape index (κ1) is 70.6. The van der Waals surface area contributed by atoms with E-state index >= 15 is 9.59 Å². The Labute approximate surface area is 524 Å². The van der Waals surface area contributed by atoms with E-state index in [0.29, 0.717) is 11.1 Å². The summed E-state index contributed by atoms with van der Waals surface area (Å²) in [5.41, 5.74) is 4.60. The van der Waals surface area contributed by atoms with Crippen LogP contribution in [-0.2, 0) is 75.4 Å². The molecule has 6 rings (SSSR count). The lowest BCUT2D eigenvalue weighted by atomic mass is 9.85. The van der Waals surface area contributed by atoms with Gasteiger partial charge in [0.05, 0.1) is 44.9 Å². The van der Waals surface area contributed by atoms with Crippen LogP contribution in [0.1, 0.15) is 144 Å². The fourth-order valence-corrected chi connectivity index (χ4v) is 13.5. The Hall–Kier alpha value is -6.46. The molecule has 0 spiro atoms. The highest BCUT2D eigenvalue weighted by Crippen LogP contribution is 2.30. The Kier molecular flexibility index (Phi) is 22.9. The van der Waals surface area contributed by atoms with Crippen LogP contribution in [0.15, 0.2) is 133 Å². The molecule has 4 amide bonds. The summed E-state index contributed by atoms with van der Waals surface area (Å²) in [4.78, 5) is 59.6. The van der Waals surface area contributed by atoms with Crippen molar-refractivity contribution in [2.75, 3.05) is 11.5 Å². The zero-order valence-corrected chi connectivity index (χ0v) is 56.3. The predicted molar refractivity (Wildman–Crippen MR) is 356 cm³/mol. The molecule has 0 bridgehead atoms. The number of fused-ring (bicyclic) bond motifs is 2. The maximum absolute atomic E-state index is 15.0. The van der Waals surface area contributed by atoms with Crippen molar-refractivity contribution >= 4 is 64.8 Å². The van der Waals surface area contributed by atoms with Gasteiger partial charge in [-0.2, -0.15) is 0 Å². The Bertz CT molecular complexity index is 3360. The number of aliphatic hydroxyl groups is 2. The first-order valence-electron chi connectivity index (χ1n) is 30.9. The molecule has 8 atom stereocenters. The SMILES string of the molecule is CC(C)[C@H](NC(=O)[C@H](Cc1cccc2ccccc12)CS(=O)(=O)C(C)(C)C)C(=O)N[C@@H](Cc1ccc(C(C)(C)C)cc1)[C@@H](O)[C@H](O)[C@H](Cc1ccc(C(C)(C)C)cc1)NC(=O)[C@@H](NC(=O)[C@H](Cc1cccc2ccccc12)CS(=O)(=O)C(C)(C)C)C(C)C. The van der Waals surface area contributed by atoms with Crippen molar-refractivity contribution in [2.24, 2.45) is 23.7 Å². The summed E-state index contributed by atoms with van der Waals surface area (Å²) < 4.78 is 53.4. The Morgan fingerprint density at radius 2 is 0.705 bits per heavy atom. The van der Waals surface area contributed by atoms with Crippen LogP contribution in [0.5, 0.6) is 0 Å². The van der Waals surface area contributed by atoms with Crippen LogP contribution in [0.2, 0.25) is 0 Å². The fraction of sp³-hybridized carbons (Fsp3) is 0.500. The number of amides is 4. The van der Waals surface area contributed by atoms with Crippen LogP contribution in [0.25, 0.3) is 21.5 Å². The zero-order valence-electron chi connectivity index (χ0n) is 54.7. The van der Waals surface area contributed by atoms with Gasteiger partial charge in [0.25, 0.3) is 0 Å². The lowest BCUT2D eigenvalue weighted by Crippen LogP contribution is -2.62. The van der Waals surface area contributed by atoms with Crippen LogP contribution >= 0.6 is 0 Å². The number of hydrogen-bond acceptors (Lipinski definition) is 10. The standard InChI is InChI=1S/C72H98N4O10S2/c1-45(2)61(75-65(79)53(43-87(83,84)71(11,12)13)41-51-27-21-25-49-23-17-19-29-57(49)51)67(81)73-59(39-47-31-35-55(36-32-47)69(5,6)7)63(77)64(78)60(40-48-33-37-56(38-34-48)70(8,9)10)74-68(82)62(46(3)4)76-66(80)54(44-88(85,86)72(14,15)16)42-52-28-22-26-50-24-18-20-30-58(50)52/h17-38,45-46,53-54,59-64,77-78H,39-44H2,1-16H3,(H,73,81)(H,74,82)(H,75,79)(H,76,80)/t53-,54-,59+,60+,61+,62+,63-,64-/m1/s1. The van der Waals surface area contributed by atoms with Gasteiger partial charge in [0.1, 0.15) is 24.3 Å². The molecule has 16 heteroatoms. The number of hydrogen-bond donors (Lipinski definition) is 6. The number of nitrogens with one attached hydrogen (secondary N) is 4. The van der Waals surface area contributed by atoms with Crippen molar-refractivity contribution in [3.63, 3.8) is 0 Å². The Morgan fingerprint density at radius 1 is 0.398 bits per heavy atom. The molecule has 88 heavy (non-hydrogen) atoms. The smallest absolute Gasteiger partial charge is 0.243 e. The van der Waals surface area contributed by atoms with E-state index in [1.54, 1.807) is 69.2 Å².